The second-order valence-corrected chi connectivity index (χ2v) is 10.3. The van der Waals surface area contributed by atoms with E-state index in [9.17, 15) is 18.0 Å². The van der Waals surface area contributed by atoms with E-state index in [1.807, 2.05) is 63.2 Å². The summed E-state index contributed by atoms with van der Waals surface area (Å²) in [5.41, 5.74) is 2.71. The molecule has 0 aliphatic carbocycles. The van der Waals surface area contributed by atoms with Gasteiger partial charge in [0.15, 0.2) is 0 Å². The summed E-state index contributed by atoms with van der Waals surface area (Å²) in [7, 11) is -3.49. The van der Waals surface area contributed by atoms with Gasteiger partial charge in [0.2, 0.25) is 21.8 Å². The lowest BCUT2D eigenvalue weighted by atomic mass is 10.1. The normalized spacial score (nSPS) is 12.1. The van der Waals surface area contributed by atoms with Crippen LogP contribution in [-0.2, 0) is 26.0 Å². The second kappa shape index (κ2) is 13.1. The Bertz CT molecular complexity index is 1020. The van der Waals surface area contributed by atoms with E-state index < -0.39 is 16.1 Å². The number of hydrogen-bond donors (Lipinski definition) is 1. The highest BCUT2D eigenvalue weighted by molar-refractivity contribution is 7.92. The molecule has 0 spiro atoms. The summed E-state index contributed by atoms with van der Waals surface area (Å²) in [5, 5.41) is 2.83. The number of benzene rings is 2. The Labute approximate surface area is 204 Å². The fourth-order valence-electron chi connectivity index (χ4n) is 3.90. The monoisotopic (exact) mass is 487 g/mol. The first-order valence-corrected chi connectivity index (χ1v) is 13.7. The number of anilines is 1. The zero-order valence-corrected chi connectivity index (χ0v) is 21.5. The van der Waals surface area contributed by atoms with Crippen molar-refractivity contribution < 1.29 is 18.0 Å². The molecule has 2 rings (SSSR count). The molecule has 2 amide bonds. The van der Waals surface area contributed by atoms with E-state index in [0.29, 0.717) is 38.0 Å². The fraction of sp³-hybridized carbons (Fsp3) is 0.462. The van der Waals surface area contributed by atoms with Gasteiger partial charge in [0.25, 0.3) is 0 Å². The summed E-state index contributed by atoms with van der Waals surface area (Å²) in [4.78, 5) is 27.6. The highest BCUT2D eigenvalue weighted by atomic mass is 32.2. The molecule has 0 aliphatic rings. The molecule has 8 heteroatoms. The fourth-order valence-corrected chi connectivity index (χ4v) is 4.87. The smallest absolute Gasteiger partial charge is 0.242 e. The Hall–Kier alpha value is -2.87. The van der Waals surface area contributed by atoms with Gasteiger partial charge in [0.05, 0.1) is 11.9 Å². The zero-order valence-electron chi connectivity index (χ0n) is 20.7. The number of rotatable bonds is 13. The lowest BCUT2D eigenvalue weighted by molar-refractivity contribution is -0.140. The van der Waals surface area contributed by atoms with Crippen molar-refractivity contribution in [3.63, 3.8) is 0 Å². The molecule has 0 fully saturated rings. The molecule has 0 aliphatic heterocycles. The molecule has 0 saturated heterocycles. The highest BCUT2D eigenvalue weighted by Crippen LogP contribution is 2.19. The number of aryl methyl sites for hydroxylation is 1. The minimum Gasteiger partial charge on any atom is -0.355 e. The van der Waals surface area contributed by atoms with Crippen molar-refractivity contribution in [2.45, 2.75) is 52.5 Å². The summed E-state index contributed by atoms with van der Waals surface area (Å²) >= 11 is 0. The minimum atomic E-state index is -3.49. The molecule has 0 saturated carbocycles. The number of sulfonamides is 1. The molecule has 0 heterocycles. The first kappa shape index (κ1) is 27.4. The van der Waals surface area contributed by atoms with Gasteiger partial charge in [-0.2, -0.15) is 0 Å². The topological polar surface area (TPSA) is 86.8 Å². The van der Waals surface area contributed by atoms with E-state index in [1.54, 1.807) is 17.0 Å². The van der Waals surface area contributed by atoms with E-state index in [1.165, 1.54) is 10.6 Å². The van der Waals surface area contributed by atoms with Gasteiger partial charge in [-0.05, 0) is 50.8 Å². The number of nitrogens with one attached hydrogen (secondary N) is 1. The third-order valence-corrected chi connectivity index (χ3v) is 6.89. The maximum absolute atomic E-state index is 13.3. The van der Waals surface area contributed by atoms with Crippen molar-refractivity contribution in [2.24, 2.45) is 0 Å². The molecule has 2 aromatic rings. The van der Waals surface area contributed by atoms with Gasteiger partial charge in [-0.15, -0.1) is 0 Å². The van der Waals surface area contributed by atoms with Crippen LogP contribution in [0.15, 0.2) is 54.6 Å². The van der Waals surface area contributed by atoms with Crippen LogP contribution in [0.4, 0.5) is 5.69 Å². The van der Waals surface area contributed by atoms with Gasteiger partial charge in [-0.3, -0.25) is 13.9 Å². The summed E-state index contributed by atoms with van der Waals surface area (Å²) in [5.74, 6) is -0.310. The van der Waals surface area contributed by atoms with Gasteiger partial charge in [0.1, 0.15) is 6.04 Å². The zero-order chi connectivity index (χ0) is 25.1. The Morgan fingerprint density at radius 3 is 2.18 bits per heavy atom. The van der Waals surface area contributed by atoms with E-state index in [-0.39, 0.29) is 24.8 Å². The quantitative estimate of drug-likeness (QED) is 0.468. The van der Waals surface area contributed by atoms with E-state index in [4.69, 9.17) is 0 Å². The minimum absolute atomic E-state index is 0.147. The first-order chi connectivity index (χ1) is 16.2. The molecular weight excluding hydrogens is 450 g/mol. The summed E-state index contributed by atoms with van der Waals surface area (Å²) in [6, 6.07) is 16.6. The Morgan fingerprint density at radius 2 is 1.62 bits per heavy atom. The largest absolute Gasteiger partial charge is 0.355 e. The third kappa shape index (κ3) is 8.17. The molecular formula is C26H37N3O4S. The molecule has 0 unspecified atom stereocenters. The van der Waals surface area contributed by atoms with E-state index in [0.717, 1.165) is 11.1 Å². The van der Waals surface area contributed by atoms with Crippen molar-refractivity contribution in [3.05, 3.63) is 65.7 Å². The van der Waals surface area contributed by atoms with Crippen molar-refractivity contribution >= 4 is 27.5 Å². The number of hydrogen-bond acceptors (Lipinski definition) is 4. The van der Waals surface area contributed by atoms with Gasteiger partial charge >= 0.3 is 0 Å². The first-order valence-electron chi connectivity index (χ1n) is 11.8. The number of nitrogens with zero attached hydrogens (tertiary/aromatic N) is 2. The Kier molecular flexibility index (Phi) is 10.6. The average Bonchev–Trinajstić information content (AvgIpc) is 2.80. The molecule has 186 valence electrons. The van der Waals surface area contributed by atoms with Crippen molar-refractivity contribution in [3.8, 4) is 0 Å². The van der Waals surface area contributed by atoms with Crippen LogP contribution in [0.25, 0.3) is 0 Å². The van der Waals surface area contributed by atoms with Gasteiger partial charge < -0.3 is 10.2 Å². The van der Waals surface area contributed by atoms with Crippen LogP contribution in [0.3, 0.4) is 0 Å². The maximum Gasteiger partial charge on any atom is 0.242 e. The van der Waals surface area contributed by atoms with Crippen LogP contribution in [0.2, 0.25) is 0 Å². The van der Waals surface area contributed by atoms with Crippen LogP contribution in [-0.4, -0.2) is 57.1 Å². The van der Waals surface area contributed by atoms with Crippen LogP contribution in [0.1, 0.15) is 44.2 Å². The summed E-state index contributed by atoms with van der Waals surface area (Å²) in [6.45, 7) is 6.80. The van der Waals surface area contributed by atoms with Gasteiger partial charge in [-0.1, -0.05) is 55.0 Å². The predicted octanol–water partition coefficient (Wildman–Crippen LogP) is 3.53. The molecule has 0 aromatic heterocycles. The van der Waals surface area contributed by atoms with Crippen LogP contribution >= 0.6 is 0 Å². The van der Waals surface area contributed by atoms with Gasteiger partial charge in [-0.25, -0.2) is 8.42 Å². The number of amides is 2. The maximum atomic E-state index is 13.3. The van der Waals surface area contributed by atoms with E-state index in [2.05, 4.69) is 5.32 Å². The number of carbonyl (C=O) groups is 2. The summed E-state index contributed by atoms with van der Waals surface area (Å²) < 4.78 is 26.1. The predicted molar refractivity (Wildman–Crippen MR) is 137 cm³/mol. The molecule has 7 nitrogen and oxygen atoms in total. The van der Waals surface area contributed by atoms with Gasteiger partial charge in [0, 0.05) is 26.1 Å². The SMILES string of the molecule is CCNC(=O)[C@@H](CC)N(CCc1ccccc1)C(=O)CCCN(c1ccc(C)cc1)S(C)(=O)=O. The molecule has 0 radical (unpaired) electrons. The van der Waals surface area contributed by atoms with Crippen molar-refractivity contribution in [1.82, 2.24) is 10.2 Å². The van der Waals surface area contributed by atoms with Crippen LogP contribution < -0.4 is 9.62 Å². The molecule has 1 N–H and O–H groups in total. The molecule has 2 aromatic carbocycles. The van der Waals surface area contributed by atoms with Crippen molar-refractivity contribution in [1.29, 1.82) is 0 Å². The molecule has 34 heavy (non-hydrogen) atoms. The number of carbonyl (C=O) groups excluding carboxylic acids is 2. The van der Waals surface area contributed by atoms with Crippen LogP contribution in [0, 0.1) is 6.92 Å². The third-order valence-electron chi connectivity index (χ3n) is 5.70. The van der Waals surface area contributed by atoms with Crippen LogP contribution in [0.5, 0.6) is 0 Å². The average molecular weight is 488 g/mol. The lowest BCUT2D eigenvalue weighted by Crippen LogP contribution is -2.50. The Balaban J connectivity index is 2.12. The molecule has 0 bridgehead atoms. The molecule has 1 atom stereocenters. The summed E-state index contributed by atoms with van der Waals surface area (Å²) in [6.07, 6.45) is 2.82. The highest BCUT2D eigenvalue weighted by Gasteiger charge is 2.28. The Morgan fingerprint density at radius 1 is 0.971 bits per heavy atom. The standard InChI is InChI=1S/C26H37N3O4S/c1-5-24(26(31)27-6-2)28(20-18-22-11-8-7-9-12-22)25(30)13-10-19-29(34(4,32)33)23-16-14-21(3)15-17-23/h7-9,11-12,14-17,24H,5-6,10,13,18-20H2,1-4H3,(H,27,31)/t24-/m1/s1. The second-order valence-electron chi connectivity index (χ2n) is 8.42. The van der Waals surface area contributed by atoms with Crippen molar-refractivity contribution in [2.75, 3.05) is 30.2 Å². The van der Waals surface area contributed by atoms with E-state index >= 15 is 0 Å². The lowest BCUT2D eigenvalue weighted by Gasteiger charge is -2.31. The number of likely N-dealkylation sites (N-methyl/N-ethyl adjacent to an activating group) is 1.